The van der Waals surface area contributed by atoms with Gasteiger partial charge < -0.3 is 19.5 Å². The van der Waals surface area contributed by atoms with Crippen molar-refractivity contribution in [1.82, 2.24) is 10.2 Å². The number of rotatable bonds is 6. The number of aromatic nitrogens is 2. The Hall–Kier alpha value is -4.23. The van der Waals surface area contributed by atoms with Crippen LogP contribution in [0.1, 0.15) is 33.7 Å². The number of halogens is 6. The fourth-order valence-corrected chi connectivity index (χ4v) is 4.19. The molecule has 202 valence electrons. The highest BCUT2D eigenvalue weighted by molar-refractivity contribution is 6.08. The molecule has 2 heterocycles. The molecule has 0 spiro atoms. The molecule has 0 bridgehead atoms. The Labute approximate surface area is 210 Å². The van der Waals surface area contributed by atoms with Gasteiger partial charge in [-0.3, -0.25) is 14.7 Å². The molecule has 3 aromatic rings. The van der Waals surface area contributed by atoms with E-state index in [1.807, 2.05) is 0 Å². The van der Waals surface area contributed by atoms with Gasteiger partial charge in [0.2, 0.25) is 5.91 Å². The normalized spacial score (nSPS) is 17.4. The van der Waals surface area contributed by atoms with Gasteiger partial charge in [0.05, 0.1) is 31.5 Å². The van der Waals surface area contributed by atoms with Crippen LogP contribution in [-0.2, 0) is 33.3 Å². The first-order valence-corrected chi connectivity index (χ1v) is 10.8. The van der Waals surface area contributed by atoms with E-state index in [4.69, 9.17) is 14.2 Å². The first kappa shape index (κ1) is 26.8. The summed E-state index contributed by atoms with van der Waals surface area (Å²) in [4.78, 5) is 25.1. The fourth-order valence-electron chi connectivity index (χ4n) is 4.19. The number of esters is 1. The molecule has 8 nitrogen and oxygen atoms in total. The minimum absolute atomic E-state index is 0.0146. The van der Waals surface area contributed by atoms with E-state index in [1.165, 1.54) is 31.5 Å². The number of carbonyl (C=O) groups excluding carboxylic acids is 2. The number of carbonyl (C=O) groups is 2. The molecular formula is C24H19F6N3O5. The third-order valence-corrected chi connectivity index (χ3v) is 5.99. The number of nitrogens with zero attached hydrogens (tertiary/aromatic N) is 1. The van der Waals surface area contributed by atoms with E-state index in [9.17, 15) is 35.9 Å². The number of fused-ring (bicyclic) bond motifs is 1. The summed E-state index contributed by atoms with van der Waals surface area (Å²) in [6, 6.07) is 5.54. The Balaban J connectivity index is 1.67. The van der Waals surface area contributed by atoms with E-state index in [-0.39, 0.29) is 23.2 Å². The lowest BCUT2D eigenvalue weighted by Crippen LogP contribution is -2.39. The highest BCUT2D eigenvalue weighted by atomic mass is 19.4. The van der Waals surface area contributed by atoms with Crippen LogP contribution in [0.2, 0.25) is 0 Å². The smallest absolute Gasteiger partial charge is 0.419 e. The van der Waals surface area contributed by atoms with E-state index in [0.717, 1.165) is 7.11 Å². The second kappa shape index (κ2) is 9.91. The summed E-state index contributed by atoms with van der Waals surface area (Å²) in [5.41, 5.74) is -1.86. The van der Waals surface area contributed by atoms with Gasteiger partial charge in [-0.05, 0) is 29.8 Å². The first-order chi connectivity index (χ1) is 17.8. The monoisotopic (exact) mass is 543 g/mol. The summed E-state index contributed by atoms with van der Waals surface area (Å²) >= 11 is 0. The highest BCUT2D eigenvalue weighted by Crippen LogP contribution is 2.43. The molecule has 1 amide bonds. The van der Waals surface area contributed by atoms with Crippen LogP contribution in [0.3, 0.4) is 0 Å². The van der Waals surface area contributed by atoms with Crippen molar-refractivity contribution in [2.24, 2.45) is 5.92 Å². The van der Waals surface area contributed by atoms with Crippen LogP contribution in [0.5, 0.6) is 11.5 Å². The van der Waals surface area contributed by atoms with E-state index >= 15 is 0 Å². The maximum Gasteiger partial charge on any atom is 0.419 e. The van der Waals surface area contributed by atoms with Gasteiger partial charge in [-0.2, -0.15) is 31.4 Å². The molecule has 4 rings (SSSR count). The zero-order valence-corrected chi connectivity index (χ0v) is 19.7. The average Bonchev–Trinajstić information content (AvgIpc) is 3.32. The number of alkyl halides is 6. The topological polar surface area (TPSA) is 103 Å². The number of H-pyrrole nitrogens is 1. The van der Waals surface area contributed by atoms with Gasteiger partial charge in [-0.1, -0.05) is 12.1 Å². The number of amides is 1. The van der Waals surface area contributed by atoms with Crippen molar-refractivity contribution in [2.45, 2.75) is 24.9 Å². The largest absolute Gasteiger partial charge is 0.496 e. The van der Waals surface area contributed by atoms with Crippen LogP contribution in [0, 0.1) is 5.92 Å². The Bertz CT molecular complexity index is 1370. The van der Waals surface area contributed by atoms with E-state index in [0.29, 0.717) is 23.3 Å². The molecule has 0 saturated carbocycles. The molecule has 1 aliphatic heterocycles. The Kier molecular flexibility index (Phi) is 7.00. The predicted octanol–water partition coefficient (Wildman–Crippen LogP) is 4.91. The third-order valence-electron chi connectivity index (χ3n) is 5.99. The number of methoxy groups -OCH3 is 2. The molecule has 0 radical (unpaired) electrons. The van der Waals surface area contributed by atoms with E-state index < -0.39 is 59.5 Å². The number of anilines is 1. The second-order valence-corrected chi connectivity index (χ2v) is 8.23. The van der Waals surface area contributed by atoms with Gasteiger partial charge in [0.15, 0.2) is 0 Å². The van der Waals surface area contributed by atoms with Crippen molar-refractivity contribution in [1.29, 1.82) is 0 Å². The third kappa shape index (κ3) is 5.10. The van der Waals surface area contributed by atoms with Crippen LogP contribution in [-0.4, -0.2) is 36.3 Å². The molecule has 0 saturated heterocycles. The van der Waals surface area contributed by atoms with Gasteiger partial charge in [-0.15, -0.1) is 0 Å². The van der Waals surface area contributed by atoms with Gasteiger partial charge in [0, 0.05) is 17.0 Å². The number of nitrogens with one attached hydrogen (secondary N) is 2. The summed E-state index contributed by atoms with van der Waals surface area (Å²) in [6.07, 6.45) is -8.63. The Morgan fingerprint density at radius 1 is 1.00 bits per heavy atom. The second-order valence-electron chi connectivity index (χ2n) is 8.23. The lowest BCUT2D eigenvalue weighted by molar-refractivity contribution is -0.149. The lowest BCUT2D eigenvalue weighted by atomic mass is 9.78. The van der Waals surface area contributed by atoms with Crippen molar-refractivity contribution in [3.8, 4) is 11.5 Å². The summed E-state index contributed by atoms with van der Waals surface area (Å²) in [6.45, 7) is -0.486. The maximum absolute atomic E-state index is 13.5. The zero-order valence-electron chi connectivity index (χ0n) is 19.7. The van der Waals surface area contributed by atoms with Crippen molar-refractivity contribution < 1.29 is 50.1 Å². The number of hydrogen-bond acceptors (Lipinski definition) is 6. The first-order valence-electron chi connectivity index (χ1n) is 10.8. The molecule has 2 N–H and O–H groups in total. The van der Waals surface area contributed by atoms with Crippen molar-refractivity contribution in [2.75, 3.05) is 19.5 Å². The van der Waals surface area contributed by atoms with Crippen LogP contribution < -0.4 is 14.8 Å². The standard InChI is InChI=1S/C24H19F6N3O5/c1-36-17-7-11(18-14-9-31-33-20(14)32-21(34)19(18)22(35)37-2)3-4-12(17)10-38-16-6-5-13(23(25,26)27)8-15(16)24(28,29)30/h3-9,18-19H,10H2,1-2H3,(H2,31,32,33,34). The van der Waals surface area contributed by atoms with Crippen molar-refractivity contribution >= 4 is 17.7 Å². The molecule has 1 aliphatic rings. The summed E-state index contributed by atoms with van der Waals surface area (Å²) in [5.74, 6) is -3.90. The molecule has 0 fully saturated rings. The predicted molar refractivity (Wildman–Crippen MR) is 118 cm³/mol. The van der Waals surface area contributed by atoms with E-state index in [1.54, 1.807) is 0 Å². The quantitative estimate of drug-likeness (QED) is 0.260. The minimum atomic E-state index is -5.10. The summed E-state index contributed by atoms with van der Waals surface area (Å²) < 4.78 is 94.6. The van der Waals surface area contributed by atoms with E-state index in [2.05, 4.69) is 15.5 Å². The molecule has 2 unspecified atom stereocenters. The van der Waals surface area contributed by atoms with Gasteiger partial charge in [0.25, 0.3) is 0 Å². The van der Waals surface area contributed by atoms with Gasteiger partial charge in [0.1, 0.15) is 29.8 Å². The molecule has 1 aromatic heterocycles. The Morgan fingerprint density at radius 2 is 1.74 bits per heavy atom. The summed E-state index contributed by atoms with van der Waals surface area (Å²) in [5, 5.41) is 9.07. The molecule has 0 aliphatic carbocycles. The minimum Gasteiger partial charge on any atom is -0.496 e. The van der Waals surface area contributed by atoms with Crippen molar-refractivity contribution in [3.05, 3.63) is 70.4 Å². The lowest BCUT2D eigenvalue weighted by Gasteiger charge is -2.29. The number of hydrogen-bond donors (Lipinski definition) is 2. The van der Waals surface area contributed by atoms with Crippen LogP contribution in [0.25, 0.3) is 0 Å². The summed E-state index contributed by atoms with van der Waals surface area (Å²) in [7, 11) is 2.42. The zero-order chi connectivity index (χ0) is 27.8. The van der Waals surface area contributed by atoms with Gasteiger partial charge >= 0.3 is 18.3 Å². The van der Waals surface area contributed by atoms with Crippen LogP contribution in [0.15, 0.2) is 42.6 Å². The molecule has 2 aromatic carbocycles. The van der Waals surface area contributed by atoms with Crippen LogP contribution >= 0.6 is 0 Å². The number of ether oxygens (including phenoxy) is 3. The highest BCUT2D eigenvalue weighted by Gasteiger charge is 2.44. The number of aromatic amines is 1. The molecule has 38 heavy (non-hydrogen) atoms. The maximum atomic E-state index is 13.5. The molecule has 14 heteroatoms. The Morgan fingerprint density at radius 3 is 2.37 bits per heavy atom. The molecule has 2 atom stereocenters. The molecular weight excluding hydrogens is 524 g/mol. The van der Waals surface area contributed by atoms with Gasteiger partial charge in [-0.25, -0.2) is 0 Å². The number of benzene rings is 2. The fraction of sp³-hybridized carbons (Fsp3) is 0.292. The SMILES string of the molecule is COC(=O)C1C(=O)Nc2[nH]ncc2C1c1ccc(COc2ccc(C(F)(F)F)cc2C(F)(F)F)c(OC)c1. The van der Waals surface area contributed by atoms with Crippen molar-refractivity contribution in [3.63, 3.8) is 0 Å². The average molecular weight is 543 g/mol. The van der Waals surface area contributed by atoms with Crippen LogP contribution in [0.4, 0.5) is 32.2 Å².